The van der Waals surface area contributed by atoms with Crippen LogP contribution in [-0.4, -0.2) is 29.3 Å². The molecule has 1 fully saturated rings. The summed E-state index contributed by atoms with van der Waals surface area (Å²) in [5.41, 5.74) is 1.07. The van der Waals surface area contributed by atoms with Crippen molar-refractivity contribution in [1.29, 1.82) is 0 Å². The van der Waals surface area contributed by atoms with Gasteiger partial charge >= 0.3 is 6.03 Å². The van der Waals surface area contributed by atoms with Crippen LogP contribution in [0.4, 0.5) is 10.6 Å². The minimum absolute atomic E-state index is 0.202. The first-order valence-electron chi connectivity index (χ1n) is 6.68. The number of hydrogen-bond acceptors (Lipinski definition) is 3. The number of aromatic nitrogens is 1. The fraction of sp³-hybridized carbons (Fsp3) is 0.571. The molecule has 1 aromatic rings. The molecule has 1 aliphatic carbocycles. The Hall–Kier alpha value is -1.62. The average molecular weight is 263 g/mol. The van der Waals surface area contributed by atoms with E-state index in [1.165, 1.54) is 0 Å². The zero-order chi connectivity index (χ0) is 13.8. The van der Waals surface area contributed by atoms with Gasteiger partial charge in [0.15, 0.2) is 0 Å². The Bertz CT molecular complexity index is 442. The number of aryl methyl sites for hydroxylation is 1. The van der Waals surface area contributed by atoms with Crippen molar-refractivity contribution in [1.82, 2.24) is 10.3 Å². The molecule has 2 N–H and O–H groups in total. The lowest BCUT2D eigenvalue weighted by atomic mass is 9.89. The third-order valence-corrected chi connectivity index (χ3v) is 3.05. The fourth-order valence-electron chi connectivity index (χ4n) is 2.12. The first-order valence-corrected chi connectivity index (χ1v) is 6.68. The van der Waals surface area contributed by atoms with E-state index in [1.54, 1.807) is 6.20 Å². The van der Waals surface area contributed by atoms with Crippen molar-refractivity contribution in [3.05, 3.63) is 23.9 Å². The lowest BCUT2D eigenvalue weighted by Gasteiger charge is -2.36. The molecule has 0 spiro atoms. The molecule has 0 aliphatic heterocycles. The highest BCUT2D eigenvalue weighted by atomic mass is 16.5. The molecule has 2 amide bonds. The highest BCUT2D eigenvalue weighted by Gasteiger charge is 2.31. The number of carbonyl (C=O) groups is 1. The standard InChI is InChI=1S/C14H21N3O2/c1-9(2)19-12-7-11(8-12)16-14(18)17-13-6-10(3)4-5-15-13/h4-6,9,11-12H,7-8H2,1-3H3,(H2,15,16,17,18). The van der Waals surface area contributed by atoms with Gasteiger partial charge in [0, 0.05) is 12.2 Å². The van der Waals surface area contributed by atoms with Crippen molar-refractivity contribution < 1.29 is 9.53 Å². The number of urea groups is 1. The smallest absolute Gasteiger partial charge is 0.320 e. The molecule has 5 nitrogen and oxygen atoms in total. The maximum atomic E-state index is 11.8. The van der Waals surface area contributed by atoms with Crippen LogP contribution in [0.3, 0.4) is 0 Å². The second-order valence-electron chi connectivity index (χ2n) is 5.29. The van der Waals surface area contributed by atoms with Crippen molar-refractivity contribution in [3.63, 3.8) is 0 Å². The monoisotopic (exact) mass is 263 g/mol. The Morgan fingerprint density at radius 3 is 2.84 bits per heavy atom. The highest BCUT2D eigenvalue weighted by Crippen LogP contribution is 2.24. The highest BCUT2D eigenvalue weighted by molar-refractivity contribution is 5.88. The van der Waals surface area contributed by atoms with Crippen LogP contribution in [0.2, 0.25) is 0 Å². The predicted molar refractivity (Wildman–Crippen MR) is 74.2 cm³/mol. The summed E-state index contributed by atoms with van der Waals surface area (Å²) in [4.78, 5) is 15.8. The zero-order valence-electron chi connectivity index (χ0n) is 11.6. The molecule has 1 saturated carbocycles. The van der Waals surface area contributed by atoms with Crippen LogP contribution in [0.5, 0.6) is 0 Å². The van der Waals surface area contributed by atoms with Gasteiger partial charge < -0.3 is 10.1 Å². The molecule has 0 aromatic carbocycles. The predicted octanol–water partition coefficient (Wildman–Crippen LogP) is 2.47. The number of amides is 2. The number of hydrogen-bond donors (Lipinski definition) is 2. The first kappa shape index (κ1) is 13.8. The van der Waals surface area contributed by atoms with Gasteiger partial charge in [-0.15, -0.1) is 0 Å². The largest absolute Gasteiger partial charge is 0.375 e. The van der Waals surface area contributed by atoms with Crippen LogP contribution in [-0.2, 0) is 4.74 Å². The molecule has 1 aromatic heterocycles. The summed E-state index contributed by atoms with van der Waals surface area (Å²) in [5.74, 6) is 0.576. The minimum atomic E-state index is -0.203. The van der Waals surface area contributed by atoms with Gasteiger partial charge in [-0.25, -0.2) is 9.78 Å². The van der Waals surface area contributed by atoms with E-state index in [0.717, 1.165) is 18.4 Å². The summed E-state index contributed by atoms with van der Waals surface area (Å²) in [6.45, 7) is 6.01. The minimum Gasteiger partial charge on any atom is -0.375 e. The van der Waals surface area contributed by atoms with Crippen LogP contribution < -0.4 is 10.6 Å². The molecule has 2 rings (SSSR count). The molecule has 0 unspecified atom stereocenters. The number of nitrogens with one attached hydrogen (secondary N) is 2. The van der Waals surface area contributed by atoms with E-state index < -0.39 is 0 Å². The summed E-state index contributed by atoms with van der Waals surface area (Å²) in [6.07, 6.45) is 3.97. The molecule has 0 radical (unpaired) electrons. The van der Waals surface area contributed by atoms with Gasteiger partial charge in [-0.05, 0) is 51.3 Å². The van der Waals surface area contributed by atoms with Gasteiger partial charge in [0.05, 0.1) is 12.2 Å². The summed E-state index contributed by atoms with van der Waals surface area (Å²) in [6, 6.07) is 3.73. The van der Waals surface area contributed by atoms with Crippen LogP contribution >= 0.6 is 0 Å². The summed E-state index contributed by atoms with van der Waals surface area (Å²) in [7, 11) is 0. The molecular weight excluding hydrogens is 242 g/mol. The summed E-state index contributed by atoms with van der Waals surface area (Å²) < 4.78 is 5.65. The zero-order valence-corrected chi connectivity index (χ0v) is 11.6. The molecular formula is C14H21N3O2. The summed E-state index contributed by atoms with van der Waals surface area (Å²) in [5, 5.41) is 5.65. The van der Waals surface area contributed by atoms with Gasteiger partial charge in [0.25, 0.3) is 0 Å². The Kier molecular flexibility index (Phi) is 4.37. The molecule has 0 saturated heterocycles. The second kappa shape index (κ2) is 6.02. The van der Waals surface area contributed by atoms with Gasteiger partial charge in [-0.2, -0.15) is 0 Å². The number of ether oxygens (including phenoxy) is 1. The lowest BCUT2D eigenvalue weighted by Crippen LogP contribution is -2.49. The Labute approximate surface area is 113 Å². The molecule has 19 heavy (non-hydrogen) atoms. The Balaban J connectivity index is 1.72. The van der Waals surface area contributed by atoms with E-state index in [0.29, 0.717) is 5.82 Å². The maximum Gasteiger partial charge on any atom is 0.320 e. The molecule has 0 atom stereocenters. The molecule has 0 bridgehead atoms. The SMILES string of the molecule is Cc1ccnc(NC(=O)NC2CC(OC(C)C)C2)c1. The number of rotatable bonds is 4. The van der Waals surface area contributed by atoms with Crippen LogP contribution in [0, 0.1) is 6.92 Å². The second-order valence-corrected chi connectivity index (χ2v) is 5.29. The third kappa shape index (κ3) is 4.21. The van der Waals surface area contributed by atoms with Crippen LogP contribution in [0.15, 0.2) is 18.3 Å². The molecule has 5 heteroatoms. The van der Waals surface area contributed by atoms with Gasteiger partial charge in [0.2, 0.25) is 0 Å². The molecule has 1 heterocycles. The van der Waals surface area contributed by atoms with Crippen molar-refractivity contribution in [2.24, 2.45) is 0 Å². The van der Waals surface area contributed by atoms with E-state index in [9.17, 15) is 4.79 Å². The van der Waals surface area contributed by atoms with Crippen molar-refractivity contribution in [3.8, 4) is 0 Å². The van der Waals surface area contributed by atoms with Crippen molar-refractivity contribution in [2.45, 2.75) is 51.9 Å². The van der Waals surface area contributed by atoms with E-state index in [1.807, 2.05) is 32.9 Å². The Morgan fingerprint density at radius 1 is 1.47 bits per heavy atom. The van der Waals surface area contributed by atoms with Crippen LogP contribution in [0.1, 0.15) is 32.3 Å². The van der Waals surface area contributed by atoms with E-state index in [-0.39, 0.29) is 24.3 Å². The van der Waals surface area contributed by atoms with Crippen molar-refractivity contribution in [2.75, 3.05) is 5.32 Å². The van der Waals surface area contributed by atoms with E-state index >= 15 is 0 Å². The topological polar surface area (TPSA) is 63.2 Å². The summed E-state index contributed by atoms with van der Waals surface area (Å²) >= 11 is 0. The van der Waals surface area contributed by atoms with E-state index in [2.05, 4.69) is 15.6 Å². The van der Waals surface area contributed by atoms with E-state index in [4.69, 9.17) is 4.74 Å². The Morgan fingerprint density at radius 2 is 2.21 bits per heavy atom. The lowest BCUT2D eigenvalue weighted by molar-refractivity contribution is -0.0473. The average Bonchev–Trinajstić information content (AvgIpc) is 2.25. The maximum absolute atomic E-state index is 11.8. The molecule has 1 aliphatic rings. The van der Waals surface area contributed by atoms with Crippen LogP contribution in [0.25, 0.3) is 0 Å². The third-order valence-electron chi connectivity index (χ3n) is 3.05. The number of nitrogens with zero attached hydrogens (tertiary/aromatic N) is 1. The van der Waals surface area contributed by atoms with Gasteiger partial charge in [-0.3, -0.25) is 5.32 Å². The van der Waals surface area contributed by atoms with Gasteiger partial charge in [0.1, 0.15) is 5.82 Å². The number of carbonyl (C=O) groups excluding carboxylic acids is 1. The quantitative estimate of drug-likeness (QED) is 0.877. The van der Waals surface area contributed by atoms with Crippen molar-refractivity contribution >= 4 is 11.8 Å². The molecule has 104 valence electrons. The van der Waals surface area contributed by atoms with Gasteiger partial charge in [-0.1, -0.05) is 0 Å². The number of anilines is 1. The number of pyridine rings is 1. The normalized spacial score (nSPS) is 21.9. The fourth-order valence-corrected chi connectivity index (χ4v) is 2.12. The first-order chi connectivity index (χ1) is 9.02.